The highest BCUT2D eigenvalue weighted by Gasteiger charge is 2.18. The Morgan fingerprint density at radius 3 is 2.69 bits per heavy atom. The predicted molar refractivity (Wildman–Crippen MR) is 111 cm³/mol. The molecular formula is C24H23NO4. The second-order valence-corrected chi connectivity index (χ2v) is 7.40. The molecule has 0 aromatic heterocycles. The molecule has 5 nitrogen and oxygen atoms in total. The van der Waals surface area contributed by atoms with Crippen molar-refractivity contribution in [3.8, 4) is 22.6 Å². The molecule has 1 amide bonds. The molecular weight excluding hydrogens is 366 g/mol. The second-order valence-electron chi connectivity index (χ2n) is 7.40. The largest absolute Gasteiger partial charge is 0.492 e. The molecule has 5 rings (SSSR count). The molecule has 5 heteroatoms. The van der Waals surface area contributed by atoms with Gasteiger partial charge in [0.2, 0.25) is 0 Å². The molecule has 148 valence electrons. The van der Waals surface area contributed by atoms with E-state index in [-0.39, 0.29) is 12.5 Å². The quantitative estimate of drug-likeness (QED) is 0.683. The summed E-state index contributed by atoms with van der Waals surface area (Å²) in [7, 11) is 0. The number of nitrogens with zero attached hydrogens (tertiary/aromatic N) is 1. The van der Waals surface area contributed by atoms with Crippen LogP contribution in [0.15, 0.2) is 54.6 Å². The van der Waals surface area contributed by atoms with Gasteiger partial charge in [-0.15, -0.1) is 0 Å². The van der Waals surface area contributed by atoms with Crippen molar-refractivity contribution in [2.45, 2.75) is 6.42 Å². The highest BCUT2D eigenvalue weighted by molar-refractivity contribution is 5.89. The van der Waals surface area contributed by atoms with Crippen molar-refractivity contribution >= 4 is 16.7 Å². The van der Waals surface area contributed by atoms with Gasteiger partial charge in [0, 0.05) is 25.1 Å². The van der Waals surface area contributed by atoms with Crippen LogP contribution in [0.5, 0.6) is 11.5 Å². The maximum atomic E-state index is 12.3. The highest BCUT2D eigenvalue weighted by atomic mass is 16.5. The molecule has 0 unspecified atom stereocenters. The number of benzene rings is 3. The van der Waals surface area contributed by atoms with Crippen LogP contribution in [-0.2, 0) is 16.0 Å². The molecule has 1 fully saturated rings. The van der Waals surface area contributed by atoms with Crippen LogP contribution in [0.3, 0.4) is 0 Å². The minimum atomic E-state index is 0.00155. The van der Waals surface area contributed by atoms with Crippen LogP contribution in [0.4, 0.5) is 0 Å². The van der Waals surface area contributed by atoms with Gasteiger partial charge >= 0.3 is 0 Å². The van der Waals surface area contributed by atoms with Gasteiger partial charge in [0.1, 0.15) is 11.5 Å². The molecule has 0 atom stereocenters. The Kier molecular flexibility index (Phi) is 4.82. The van der Waals surface area contributed by atoms with Crippen molar-refractivity contribution in [1.82, 2.24) is 4.90 Å². The minimum absolute atomic E-state index is 0.00155. The molecule has 0 radical (unpaired) electrons. The molecule has 2 aliphatic rings. The fourth-order valence-electron chi connectivity index (χ4n) is 3.97. The van der Waals surface area contributed by atoms with Gasteiger partial charge in [-0.05, 0) is 40.1 Å². The zero-order valence-electron chi connectivity index (χ0n) is 16.2. The smallest absolute Gasteiger partial charge is 0.260 e. The summed E-state index contributed by atoms with van der Waals surface area (Å²) in [6, 6.07) is 18.7. The normalized spacial score (nSPS) is 15.8. The SMILES string of the molecule is O=C(COc1ccc2cc(-c3cccc4c3OCC4)ccc2c1)N1CCOCC1. The zero-order chi connectivity index (χ0) is 19.6. The number of carbonyl (C=O) groups is 1. The van der Waals surface area contributed by atoms with Crippen LogP contribution >= 0.6 is 0 Å². The number of ether oxygens (including phenoxy) is 3. The number of para-hydroxylation sites is 1. The lowest BCUT2D eigenvalue weighted by atomic mass is 9.98. The fraction of sp³-hybridized carbons (Fsp3) is 0.292. The van der Waals surface area contributed by atoms with E-state index in [4.69, 9.17) is 14.2 Å². The Morgan fingerprint density at radius 1 is 0.966 bits per heavy atom. The number of rotatable bonds is 4. The first-order valence-electron chi connectivity index (χ1n) is 10.1. The lowest BCUT2D eigenvalue weighted by molar-refractivity contribution is -0.137. The summed E-state index contributed by atoms with van der Waals surface area (Å²) in [5.74, 6) is 1.71. The lowest BCUT2D eigenvalue weighted by Gasteiger charge is -2.26. The molecule has 0 spiro atoms. The Morgan fingerprint density at radius 2 is 1.79 bits per heavy atom. The van der Waals surface area contributed by atoms with E-state index >= 15 is 0 Å². The summed E-state index contributed by atoms with van der Waals surface area (Å²) < 4.78 is 16.9. The van der Waals surface area contributed by atoms with Gasteiger partial charge in [0.25, 0.3) is 5.91 Å². The first-order chi connectivity index (χ1) is 14.3. The van der Waals surface area contributed by atoms with Gasteiger partial charge < -0.3 is 19.1 Å². The van der Waals surface area contributed by atoms with Crippen molar-refractivity contribution in [1.29, 1.82) is 0 Å². The number of hydrogen-bond acceptors (Lipinski definition) is 4. The van der Waals surface area contributed by atoms with Crippen molar-refractivity contribution in [2.24, 2.45) is 0 Å². The lowest BCUT2D eigenvalue weighted by Crippen LogP contribution is -2.42. The number of fused-ring (bicyclic) bond motifs is 2. The average molecular weight is 389 g/mol. The molecule has 29 heavy (non-hydrogen) atoms. The first kappa shape index (κ1) is 18.0. The number of morpholine rings is 1. The topological polar surface area (TPSA) is 48.0 Å². The minimum Gasteiger partial charge on any atom is -0.492 e. The maximum Gasteiger partial charge on any atom is 0.260 e. The van der Waals surface area contributed by atoms with Crippen LogP contribution in [0.25, 0.3) is 21.9 Å². The molecule has 1 saturated heterocycles. The van der Waals surface area contributed by atoms with E-state index in [2.05, 4.69) is 36.4 Å². The summed E-state index contributed by atoms with van der Waals surface area (Å²) in [5, 5.41) is 2.21. The first-order valence-corrected chi connectivity index (χ1v) is 10.1. The second kappa shape index (κ2) is 7.76. The van der Waals surface area contributed by atoms with Gasteiger partial charge in [-0.1, -0.05) is 36.4 Å². The van der Waals surface area contributed by atoms with E-state index in [1.807, 2.05) is 18.2 Å². The molecule has 0 bridgehead atoms. The molecule has 0 aliphatic carbocycles. The third-order valence-electron chi connectivity index (χ3n) is 5.56. The van der Waals surface area contributed by atoms with Crippen LogP contribution in [-0.4, -0.2) is 50.3 Å². The third kappa shape index (κ3) is 3.66. The van der Waals surface area contributed by atoms with Crippen molar-refractivity contribution in [3.05, 3.63) is 60.2 Å². The fourth-order valence-corrected chi connectivity index (χ4v) is 3.97. The van der Waals surface area contributed by atoms with Gasteiger partial charge in [0.15, 0.2) is 6.61 Å². The van der Waals surface area contributed by atoms with Gasteiger partial charge in [-0.2, -0.15) is 0 Å². The van der Waals surface area contributed by atoms with E-state index in [0.29, 0.717) is 32.1 Å². The van der Waals surface area contributed by atoms with Crippen molar-refractivity contribution in [3.63, 3.8) is 0 Å². The van der Waals surface area contributed by atoms with Gasteiger partial charge in [0.05, 0.1) is 19.8 Å². The summed E-state index contributed by atoms with van der Waals surface area (Å²) >= 11 is 0. The monoisotopic (exact) mass is 389 g/mol. The maximum absolute atomic E-state index is 12.3. The van der Waals surface area contributed by atoms with E-state index in [9.17, 15) is 4.79 Å². The van der Waals surface area contributed by atoms with Crippen molar-refractivity contribution in [2.75, 3.05) is 39.5 Å². The molecule has 2 aliphatic heterocycles. The van der Waals surface area contributed by atoms with Crippen LogP contribution < -0.4 is 9.47 Å². The Bertz CT molecular complexity index is 1060. The van der Waals surface area contributed by atoms with Crippen LogP contribution in [0.1, 0.15) is 5.56 Å². The highest BCUT2D eigenvalue weighted by Crippen LogP contribution is 2.38. The summed E-state index contributed by atoms with van der Waals surface area (Å²) in [6.07, 6.45) is 0.973. The van der Waals surface area contributed by atoms with E-state index in [1.165, 1.54) is 5.56 Å². The molecule has 0 N–H and O–H groups in total. The van der Waals surface area contributed by atoms with Crippen molar-refractivity contribution < 1.29 is 19.0 Å². The Labute approximate surface area is 169 Å². The Balaban J connectivity index is 1.33. The molecule has 3 aromatic rings. The summed E-state index contributed by atoms with van der Waals surface area (Å²) in [5.41, 5.74) is 3.56. The predicted octanol–water partition coefficient (Wildman–Crippen LogP) is 3.68. The molecule has 3 aromatic carbocycles. The van der Waals surface area contributed by atoms with Gasteiger partial charge in [-0.3, -0.25) is 4.79 Å². The molecule has 0 saturated carbocycles. The number of amides is 1. The van der Waals surface area contributed by atoms with Crippen LogP contribution in [0.2, 0.25) is 0 Å². The standard InChI is InChI=1S/C24H23NO4/c26-23(25-9-12-27-13-10-25)16-29-21-7-6-18-14-20(5-4-19(18)15-21)22-3-1-2-17-8-11-28-24(17)22/h1-7,14-15H,8-13,16H2. The Hall–Kier alpha value is -3.05. The van der Waals surface area contributed by atoms with E-state index < -0.39 is 0 Å². The summed E-state index contributed by atoms with van der Waals surface area (Å²) in [6.45, 7) is 3.27. The van der Waals surface area contributed by atoms with Crippen LogP contribution in [0, 0.1) is 0 Å². The van der Waals surface area contributed by atoms with E-state index in [1.54, 1.807) is 4.90 Å². The number of carbonyl (C=O) groups excluding carboxylic acids is 1. The summed E-state index contributed by atoms with van der Waals surface area (Å²) in [4.78, 5) is 14.1. The number of hydrogen-bond donors (Lipinski definition) is 0. The molecule has 2 heterocycles. The average Bonchev–Trinajstić information content (AvgIpc) is 3.26. The van der Waals surface area contributed by atoms with Gasteiger partial charge in [-0.25, -0.2) is 0 Å². The van der Waals surface area contributed by atoms with E-state index in [0.717, 1.165) is 40.7 Å². The zero-order valence-corrected chi connectivity index (χ0v) is 16.2. The third-order valence-corrected chi connectivity index (χ3v) is 5.56.